The van der Waals surface area contributed by atoms with Gasteiger partial charge >= 0.3 is 18.3 Å². The molecule has 0 aliphatic carbocycles. The summed E-state index contributed by atoms with van der Waals surface area (Å²) in [6.45, 7) is 0. The Morgan fingerprint density at radius 2 is 1.87 bits per heavy atom. The number of alkyl halides is 6. The van der Waals surface area contributed by atoms with Gasteiger partial charge in [-0.2, -0.15) is 26.3 Å². The smallest absolute Gasteiger partial charge is 0.449 e. The quantitative estimate of drug-likeness (QED) is 0.614. The highest BCUT2D eigenvalue weighted by atomic mass is 35.5. The number of hydrogen-bond acceptors (Lipinski definition) is 4. The SMILES string of the molecule is COC(=O)[C@]1(C(F)(F)F)N=C(C(F)(F)F)Nc2ccc(Cl)cc21. The summed E-state index contributed by atoms with van der Waals surface area (Å²) in [5.41, 5.74) is -5.34. The summed E-state index contributed by atoms with van der Waals surface area (Å²) in [6.07, 6.45) is -10.7. The van der Waals surface area contributed by atoms with Gasteiger partial charge in [-0.15, -0.1) is 0 Å². The van der Waals surface area contributed by atoms with E-state index in [1.807, 2.05) is 0 Å². The maximum absolute atomic E-state index is 13.6. The van der Waals surface area contributed by atoms with E-state index < -0.39 is 40.9 Å². The van der Waals surface area contributed by atoms with Crippen molar-refractivity contribution in [1.82, 2.24) is 0 Å². The lowest BCUT2D eigenvalue weighted by Crippen LogP contribution is -2.53. The number of methoxy groups -OCH3 is 1. The van der Waals surface area contributed by atoms with E-state index >= 15 is 0 Å². The van der Waals surface area contributed by atoms with Gasteiger partial charge < -0.3 is 10.1 Å². The van der Waals surface area contributed by atoms with Crippen LogP contribution in [-0.2, 0) is 15.1 Å². The first kappa shape index (κ1) is 17.4. The van der Waals surface area contributed by atoms with Crippen LogP contribution in [0, 0.1) is 0 Å². The molecule has 11 heteroatoms. The van der Waals surface area contributed by atoms with Crippen LogP contribution in [0.4, 0.5) is 32.0 Å². The number of nitrogens with zero attached hydrogens (tertiary/aromatic N) is 1. The molecule has 0 saturated carbocycles. The van der Waals surface area contributed by atoms with Crippen LogP contribution >= 0.6 is 11.6 Å². The zero-order chi connectivity index (χ0) is 17.6. The fourth-order valence-corrected chi connectivity index (χ4v) is 2.25. The van der Waals surface area contributed by atoms with E-state index in [-0.39, 0.29) is 5.02 Å². The molecule has 0 bridgehead atoms. The van der Waals surface area contributed by atoms with Gasteiger partial charge in [0.15, 0.2) is 0 Å². The number of benzene rings is 1. The number of halogens is 7. The Bertz CT molecular complexity index is 685. The number of nitrogens with one attached hydrogen (secondary N) is 1. The van der Waals surface area contributed by atoms with E-state index in [0.29, 0.717) is 13.2 Å². The molecule has 4 nitrogen and oxygen atoms in total. The number of carbonyl (C=O) groups is 1. The topological polar surface area (TPSA) is 50.7 Å². The Balaban J connectivity index is 2.87. The number of anilines is 1. The monoisotopic (exact) mass is 360 g/mol. The standard InChI is InChI=1S/C12H7ClF6N2O2/c1-23-9(22)10(12(17,18)19)6-4-5(13)2-3-7(6)20-8(21-10)11(14,15)16/h2-4H,1H3,(H,20,21)/t10-/m1/s1. The van der Waals surface area contributed by atoms with Crippen molar-refractivity contribution in [3.05, 3.63) is 28.8 Å². The third-order valence-corrected chi connectivity index (χ3v) is 3.30. The molecule has 0 amide bonds. The summed E-state index contributed by atoms with van der Waals surface area (Å²) >= 11 is 5.61. The van der Waals surface area contributed by atoms with Crippen molar-refractivity contribution < 1.29 is 35.9 Å². The molecule has 1 atom stereocenters. The first-order valence-electron chi connectivity index (χ1n) is 5.82. The highest BCUT2D eigenvalue weighted by molar-refractivity contribution is 6.30. The second kappa shape index (κ2) is 5.29. The van der Waals surface area contributed by atoms with E-state index in [4.69, 9.17) is 11.6 Å². The van der Waals surface area contributed by atoms with Gasteiger partial charge in [0.05, 0.1) is 7.11 Å². The molecule has 2 rings (SSSR count). The van der Waals surface area contributed by atoms with E-state index in [9.17, 15) is 31.1 Å². The molecule has 1 aliphatic heterocycles. The molecule has 0 aromatic heterocycles. The Morgan fingerprint density at radius 3 is 2.35 bits per heavy atom. The number of carbonyl (C=O) groups excluding carboxylic acids is 1. The summed E-state index contributed by atoms with van der Waals surface area (Å²) < 4.78 is 83.4. The predicted molar refractivity (Wildman–Crippen MR) is 68.3 cm³/mol. The van der Waals surface area contributed by atoms with Gasteiger partial charge in [-0.3, -0.25) is 0 Å². The van der Waals surface area contributed by atoms with Crippen molar-refractivity contribution in [2.75, 3.05) is 12.4 Å². The van der Waals surface area contributed by atoms with Gasteiger partial charge in [0.25, 0.3) is 5.54 Å². The Hall–Kier alpha value is -1.97. The molecule has 0 fully saturated rings. The number of rotatable bonds is 1. The molecule has 0 spiro atoms. The molecule has 23 heavy (non-hydrogen) atoms. The average Bonchev–Trinajstić information content (AvgIpc) is 2.42. The lowest BCUT2D eigenvalue weighted by Gasteiger charge is -2.35. The van der Waals surface area contributed by atoms with E-state index in [0.717, 1.165) is 12.1 Å². The number of ether oxygens (including phenoxy) is 1. The van der Waals surface area contributed by atoms with Crippen LogP contribution in [0.1, 0.15) is 5.56 Å². The third kappa shape index (κ3) is 2.71. The largest absolute Gasteiger partial charge is 0.467 e. The minimum atomic E-state index is -5.49. The van der Waals surface area contributed by atoms with Crippen LogP contribution in [0.3, 0.4) is 0 Å². The average molecular weight is 361 g/mol. The van der Waals surface area contributed by atoms with Crippen molar-refractivity contribution in [1.29, 1.82) is 0 Å². The summed E-state index contributed by atoms with van der Waals surface area (Å²) in [5, 5.41) is 1.51. The van der Waals surface area contributed by atoms with Gasteiger partial charge in [0, 0.05) is 16.3 Å². The van der Waals surface area contributed by atoms with Gasteiger partial charge in [0.2, 0.25) is 5.84 Å². The van der Waals surface area contributed by atoms with E-state index in [2.05, 4.69) is 9.73 Å². The maximum atomic E-state index is 13.6. The molecule has 0 saturated heterocycles. The Kier molecular flexibility index (Phi) is 4.00. The second-order valence-corrected chi connectivity index (χ2v) is 4.91. The van der Waals surface area contributed by atoms with Crippen molar-refractivity contribution in [3.8, 4) is 0 Å². The first-order valence-corrected chi connectivity index (χ1v) is 6.20. The van der Waals surface area contributed by atoms with Crippen LogP contribution in [0.5, 0.6) is 0 Å². The Labute approximate surface area is 130 Å². The lowest BCUT2D eigenvalue weighted by molar-refractivity contribution is -0.206. The zero-order valence-electron chi connectivity index (χ0n) is 11.1. The minimum Gasteiger partial charge on any atom is -0.467 e. The van der Waals surface area contributed by atoms with Crippen molar-refractivity contribution >= 4 is 29.1 Å². The molecule has 1 aromatic rings. The fraction of sp³-hybridized carbons (Fsp3) is 0.333. The van der Waals surface area contributed by atoms with E-state index in [1.165, 1.54) is 0 Å². The lowest BCUT2D eigenvalue weighted by atomic mass is 9.86. The minimum absolute atomic E-state index is 0.214. The Morgan fingerprint density at radius 1 is 1.26 bits per heavy atom. The van der Waals surface area contributed by atoms with Crippen LogP contribution in [0.2, 0.25) is 5.02 Å². The number of esters is 1. The van der Waals surface area contributed by atoms with Crippen molar-refractivity contribution in [2.24, 2.45) is 4.99 Å². The molecule has 1 aliphatic rings. The fourth-order valence-electron chi connectivity index (χ4n) is 2.08. The third-order valence-electron chi connectivity index (χ3n) is 3.06. The molecular formula is C12H7ClF6N2O2. The van der Waals surface area contributed by atoms with Crippen molar-refractivity contribution in [2.45, 2.75) is 17.9 Å². The van der Waals surface area contributed by atoms with Crippen LogP contribution in [0.15, 0.2) is 23.2 Å². The van der Waals surface area contributed by atoms with Gasteiger partial charge in [-0.05, 0) is 18.2 Å². The second-order valence-electron chi connectivity index (χ2n) is 4.47. The molecule has 0 radical (unpaired) electrons. The van der Waals surface area contributed by atoms with E-state index in [1.54, 1.807) is 5.32 Å². The number of aliphatic imine (C=N–C) groups is 1. The number of amidine groups is 1. The molecule has 1 heterocycles. The number of hydrogen-bond donors (Lipinski definition) is 1. The molecule has 1 N–H and O–H groups in total. The predicted octanol–water partition coefficient (Wildman–Crippen LogP) is 3.66. The highest BCUT2D eigenvalue weighted by Crippen LogP contribution is 2.49. The molecular weight excluding hydrogens is 354 g/mol. The van der Waals surface area contributed by atoms with Crippen molar-refractivity contribution in [3.63, 3.8) is 0 Å². The molecule has 1 aromatic carbocycles. The summed E-state index contributed by atoms with van der Waals surface area (Å²) in [7, 11) is 0.616. The van der Waals surface area contributed by atoms with Crippen LogP contribution < -0.4 is 5.32 Å². The first-order chi connectivity index (χ1) is 10.4. The normalized spacial score (nSPS) is 21.1. The molecule has 0 unspecified atom stereocenters. The highest BCUT2D eigenvalue weighted by Gasteiger charge is 2.66. The molecule has 126 valence electrons. The summed E-state index contributed by atoms with van der Waals surface area (Å²) in [6, 6.07) is 2.68. The van der Waals surface area contributed by atoms with Crippen LogP contribution in [-0.4, -0.2) is 31.3 Å². The summed E-state index contributed by atoms with van der Waals surface area (Å²) in [5.74, 6) is -3.97. The van der Waals surface area contributed by atoms with Gasteiger partial charge in [-0.1, -0.05) is 11.6 Å². The summed E-state index contributed by atoms with van der Waals surface area (Å²) in [4.78, 5) is 14.4. The number of fused-ring (bicyclic) bond motifs is 1. The van der Waals surface area contributed by atoms with Crippen LogP contribution in [0.25, 0.3) is 0 Å². The van der Waals surface area contributed by atoms with Gasteiger partial charge in [-0.25, -0.2) is 9.79 Å². The maximum Gasteiger partial charge on any atom is 0.449 e. The zero-order valence-corrected chi connectivity index (χ0v) is 11.9. The van der Waals surface area contributed by atoms with Gasteiger partial charge in [0.1, 0.15) is 0 Å².